The first-order valence-electron chi connectivity index (χ1n) is 13.6. The lowest BCUT2D eigenvalue weighted by Crippen LogP contribution is -2.46. The Morgan fingerprint density at radius 3 is 2.33 bits per heavy atom. The molecule has 2 aliphatic heterocycles. The average Bonchev–Trinajstić information content (AvgIpc) is 3.68. The van der Waals surface area contributed by atoms with Crippen LogP contribution in [0.25, 0.3) is 28.0 Å². The number of nitrogen functional groups attached to an aromatic ring is 2. The van der Waals surface area contributed by atoms with E-state index in [-0.39, 0.29) is 46.4 Å². The maximum Gasteiger partial charge on any atom is 0.291 e. The summed E-state index contributed by atoms with van der Waals surface area (Å²) in [7, 11) is -3.76. The van der Waals surface area contributed by atoms with Crippen molar-refractivity contribution in [2.45, 2.75) is 48.6 Å². The number of hydrogen-bond donors (Lipinski definition) is 3. The smallest absolute Gasteiger partial charge is 0.291 e. The molecule has 42 heavy (non-hydrogen) atoms. The summed E-state index contributed by atoms with van der Waals surface area (Å²) in [5, 5.41) is 10.8. The maximum atomic E-state index is 13.2. The van der Waals surface area contributed by atoms with Gasteiger partial charge in [0.1, 0.15) is 10.7 Å². The zero-order chi connectivity index (χ0) is 29.2. The molecule has 13 nitrogen and oxygen atoms in total. The molecule has 0 saturated carbocycles. The normalized spacial score (nSPS) is 20.3. The number of rotatable bonds is 5. The molecular weight excluding hydrogens is 556 g/mol. The molecule has 1 aromatic carbocycles. The van der Waals surface area contributed by atoms with Crippen LogP contribution in [-0.2, 0) is 9.84 Å². The second-order valence-electron chi connectivity index (χ2n) is 10.9. The first-order chi connectivity index (χ1) is 20.2. The van der Waals surface area contributed by atoms with E-state index >= 15 is 0 Å². The predicted octanol–water partition coefficient (Wildman–Crippen LogP) is 2.70. The van der Waals surface area contributed by atoms with E-state index in [2.05, 4.69) is 25.3 Å². The number of aromatic amines is 1. The SMILES string of the molecule is CS(=O)(=O)c1c(C2C[C@H]3CC[C@@H](C2)N3C(=O)c2nc(N)n[nH]2)nc2c(-c3ccc(-c4ccccc4)nc3)cnn2c1N. The van der Waals surface area contributed by atoms with Crippen LogP contribution in [0.4, 0.5) is 11.8 Å². The first kappa shape index (κ1) is 26.1. The average molecular weight is 585 g/mol. The number of aromatic nitrogens is 7. The molecule has 6 heterocycles. The van der Waals surface area contributed by atoms with Gasteiger partial charge in [-0.25, -0.2) is 13.4 Å². The number of anilines is 2. The molecule has 2 aliphatic rings. The van der Waals surface area contributed by atoms with E-state index < -0.39 is 9.84 Å². The molecule has 4 aromatic heterocycles. The zero-order valence-electron chi connectivity index (χ0n) is 22.7. The van der Waals surface area contributed by atoms with Gasteiger partial charge in [0.25, 0.3) is 5.91 Å². The highest BCUT2D eigenvalue weighted by Gasteiger charge is 2.46. The van der Waals surface area contributed by atoms with Crippen LogP contribution in [0, 0.1) is 0 Å². The van der Waals surface area contributed by atoms with E-state index in [9.17, 15) is 13.2 Å². The largest absolute Gasteiger partial charge is 0.382 e. The van der Waals surface area contributed by atoms with E-state index in [0.29, 0.717) is 29.7 Å². The molecule has 214 valence electrons. The lowest BCUT2D eigenvalue weighted by Gasteiger charge is -2.38. The van der Waals surface area contributed by atoms with Crippen LogP contribution in [0.3, 0.4) is 0 Å². The third-order valence-corrected chi connectivity index (χ3v) is 9.40. The van der Waals surface area contributed by atoms with Crippen molar-refractivity contribution in [3.05, 3.63) is 66.4 Å². The number of nitrogens with zero attached hydrogens (tertiary/aromatic N) is 7. The number of piperidine rings is 1. The lowest BCUT2D eigenvalue weighted by atomic mass is 9.87. The summed E-state index contributed by atoms with van der Waals surface area (Å²) >= 11 is 0. The van der Waals surface area contributed by atoms with Gasteiger partial charge in [0.2, 0.25) is 11.8 Å². The molecule has 2 bridgehead atoms. The van der Waals surface area contributed by atoms with E-state index in [1.165, 1.54) is 4.52 Å². The number of hydrogen-bond acceptors (Lipinski definition) is 10. The summed E-state index contributed by atoms with van der Waals surface area (Å²) < 4.78 is 27.5. The third-order valence-electron chi connectivity index (χ3n) is 8.24. The van der Waals surface area contributed by atoms with E-state index in [1.807, 2.05) is 47.4 Å². The summed E-state index contributed by atoms with van der Waals surface area (Å²) in [4.78, 5) is 28.6. The zero-order valence-corrected chi connectivity index (χ0v) is 23.5. The minimum absolute atomic E-state index is 0.00729. The van der Waals surface area contributed by atoms with Crippen molar-refractivity contribution < 1.29 is 13.2 Å². The highest BCUT2D eigenvalue weighted by Crippen LogP contribution is 2.45. The van der Waals surface area contributed by atoms with Crippen LogP contribution in [0.5, 0.6) is 0 Å². The molecule has 5 N–H and O–H groups in total. The summed E-state index contributed by atoms with van der Waals surface area (Å²) in [6.45, 7) is 0. The number of nitrogens with one attached hydrogen (secondary N) is 1. The Labute approximate surface area is 240 Å². The Hall–Kier alpha value is -4.85. The Bertz CT molecular complexity index is 1920. The number of amides is 1. The van der Waals surface area contributed by atoms with Crippen LogP contribution in [0.2, 0.25) is 0 Å². The molecule has 1 amide bonds. The van der Waals surface area contributed by atoms with Crippen LogP contribution in [0.1, 0.15) is 47.9 Å². The quantitative estimate of drug-likeness (QED) is 0.277. The van der Waals surface area contributed by atoms with Crippen molar-refractivity contribution in [2.24, 2.45) is 0 Å². The van der Waals surface area contributed by atoms with Crippen molar-refractivity contribution in [1.29, 1.82) is 0 Å². The number of sulfone groups is 1. The highest BCUT2D eigenvalue weighted by molar-refractivity contribution is 7.91. The fraction of sp³-hybridized carbons (Fsp3) is 0.286. The van der Waals surface area contributed by atoms with Crippen LogP contribution < -0.4 is 11.5 Å². The number of carbonyl (C=O) groups is 1. The van der Waals surface area contributed by atoms with Crippen molar-refractivity contribution in [3.63, 3.8) is 0 Å². The number of fused-ring (bicyclic) bond motifs is 3. The fourth-order valence-electron chi connectivity index (χ4n) is 6.44. The number of benzene rings is 1. The lowest BCUT2D eigenvalue weighted by molar-refractivity contribution is 0.0556. The molecule has 7 rings (SSSR count). The van der Waals surface area contributed by atoms with Crippen LogP contribution in [0.15, 0.2) is 59.8 Å². The van der Waals surface area contributed by atoms with Crippen molar-refractivity contribution in [3.8, 4) is 22.4 Å². The molecule has 0 spiro atoms. The number of pyridine rings is 1. The van der Waals surface area contributed by atoms with Gasteiger partial charge in [-0.05, 0) is 31.7 Å². The monoisotopic (exact) mass is 584 g/mol. The van der Waals surface area contributed by atoms with Crippen molar-refractivity contribution in [2.75, 3.05) is 17.7 Å². The van der Waals surface area contributed by atoms with Gasteiger partial charge in [0.15, 0.2) is 15.5 Å². The molecular formula is C28H28N10O3S. The van der Waals surface area contributed by atoms with Gasteiger partial charge in [-0.3, -0.25) is 14.9 Å². The molecule has 5 aromatic rings. The van der Waals surface area contributed by atoms with Gasteiger partial charge >= 0.3 is 0 Å². The van der Waals surface area contributed by atoms with Gasteiger partial charge < -0.3 is 16.4 Å². The van der Waals surface area contributed by atoms with Gasteiger partial charge in [0, 0.05) is 47.1 Å². The Morgan fingerprint density at radius 2 is 1.71 bits per heavy atom. The molecule has 3 atom stereocenters. The van der Waals surface area contributed by atoms with Gasteiger partial charge in [-0.2, -0.15) is 14.6 Å². The molecule has 1 unspecified atom stereocenters. The first-order valence-corrected chi connectivity index (χ1v) is 15.5. The minimum Gasteiger partial charge on any atom is -0.382 e. The Balaban J connectivity index is 1.27. The van der Waals surface area contributed by atoms with Gasteiger partial charge in [-0.15, -0.1) is 5.10 Å². The maximum absolute atomic E-state index is 13.2. The molecule has 0 radical (unpaired) electrons. The number of carbonyl (C=O) groups excluding carboxylic acids is 1. The van der Waals surface area contributed by atoms with Crippen LogP contribution in [-0.4, -0.2) is 72.3 Å². The second kappa shape index (κ2) is 9.62. The summed E-state index contributed by atoms with van der Waals surface area (Å²) in [6.07, 6.45) is 7.17. The standard InChI is InChI=1S/C28H28N10O3S/c1-42(40,41)23-22(17-11-18-8-9-19(12-17)37(18)27(39)25-34-28(30)36-35-25)33-26-20(14-32-38(26)24(23)29)16-7-10-21(31-13-16)15-5-3-2-4-6-15/h2-7,10,13-14,17-19H,8-9,11-12,29H2,1H3,(H3,30,34,35,36)/t17?,18-,19+. The van der Waals surface area contributed by atoms with Gasteiger partial charge in [0.05, 0.1) is 17.6 Å². The summed E-state index contributed by atoms with van der Waals surface area (Å²) in [5.41, 5.74) is 16.3. The Morgan fingerprint density at radius 1 is 0.976 bits per heavy atom. The van der Waals surface area contributed by atoms with E-state index in [1.54, 1.807) is 12.4 Å². The highest BCUT2D eigenvalue weighted by atomic mass is 32.2. The second-order valence-corrected chi connectivity index (χ2v) is 12.8. The van der Waals surface area contributed by atoms with E-state index in [4.69, 9.17) is 16.5 Å². The number of H-pyrrole nitrogens is 1. The molecule has 0 aliphatic carbocycles. The Kier molecular flexibility index (Phi) is 5.97. The summed E-state index contributed by atoms with van der Waals surface area (Å²) in [5.74, 6) is -0.377. The van der Waals surface area contributed by atoms with Crippen molar-refractivity contribution >= 4 is 33.2 Å². The van der Waals surface area contributed by atoms with Crippen molar-refractivity contribution in [1.82, 2.24) is 39.7 Å². The number of nitrogens with two attached hydrogens (primary N) is 2. The molecule has 14 heteroatoms. The minimum atomic E-state index is -3.76. The summed E-state index contributed by atoms with van der Waals surface area (Å²) in [6, 6.07) is 13.5. The molecule has 2 fully saturated rings. The topological polar surface area (TPSA) is 191 Å². The van der Waals surface area contributed by atoms with Gasteiger partial charge in [-0.1, -0.05) is 36.4 Å². The molecule has 2 saturated heterocycles. The fourth-order valence-corrected chi connectivity index (χ4v) is 7.49. The van der Waals surface area contributed by atoms with Crippen LogP contribution >= 0.6 is 0 Å². The van der Waals surface area contributed by atoms with E-state index in [0.717, 1.165) is 35.9 Å². The predicted molar refractivity (Wildman–Crippen MR) is 155 cm³/mol. The third kappa shape index (κ3) is 4.26.